The van der Waals surface area contributed by atoms with Crippen molar-refractivity contribution in [2.24, 2.45) is 0 Å². The minimum absolute atomic E-state index is 0.257. The highest BCUT2D eigenvalue weighted by Gasteiger charge is 2.26. The van der Waals surface area contributed by atoms with E-state index in [2.05, 4.69) is 5.32 Å². The summed E-state index contributed by atoms with van der Waals surface area (Å²) in [6, 6.07) is 10.2. The number of carbonyl (C=O) groups is 2. The molecule has 138 valence electrons. The average molecular weight is 378 g/mol. The van der Waals surface area contributed by atoms with E-state index >= 15 is 0 Å². The van der Waals surface area contributed by atoms with E-state index in [0.717, 1.165) is 0 Å². The molecule has 0 bridgehead atoms. The van der Waals surface area contributed by atoms with E-state index in [1.165, 1.54) is 28.1 Å². The summed E-state index contributed by atoms with van der Waals surface area (Å²) in [5.74, 6) is 0.168. The van der Waals surface area contributed by atoms with Crippen LogP contribution in [-0.2, 0) is 14.3 Å². The molecule has 1 N–H and O–H groups in total. The molecule has 1 unspecified atom stereocenters. The van der Waals surface area contributed by atoms with Gasteiger partial charge in [0.15, 0.2) is 17.6 Å². The SMILES string of the molecule is COc1cccc(C(OC(C)=O)c2cc(Cl)ccc2NC(C)=O)c1OC. The van der Waals surface area contributed by atoms with Crippen LogP contribution in [0.2, 0.25) is 5.02 Å². The highest BCUT2D eigenvalue weighted by molar-refractivity contribution is 6.30. The largest absolute Gasteiger partial charge is 0.493 e. The number of rotatable bonds is 6. The van der Waals surface area contributed by atoms with E-state index in [-0.39, 0.29) is 5.91 Å². The van der Waals surface area contributed by atoms with Gasteiger partial charge in [0.05, 0.1) is 14.2 Å². The van der Waals surface area contributed by atoms with Crippen LogP contribution in [0.4, 0.5) is 5.69 Å². The Bertz CT molecular complexity index is 822. The van der Waals surface area contributed by atoms with Crippen LogP contribution in [-0.4, -0.2) is 26.1 Å². The Morgan fingerprint density at radius 2 is 1.77 bits per heavy atom. The second-order valence-corrected chi connectivity index (χ2v) is 5.92. The average Bonchev–Trinajstić information content (AvgIpc) is 2.60. The van der Waals surface area contributed by atoms with Crippen LogP contribution in [0.25, 0.3) is 0 Å². The van der Waals surface area contributed by atoms with E-state index in [4.69, 9.17) is 25.8 Å². The van der Waals surface area contributed by atoms with Crippen LogP contribution < -0.4 is 14.8 Å². The smallest absolute Gasteiger partial charge is 0.303 e. The Kier molecular flexibility index (Phi) is 6.46. The highest BCUT2D eigenvalue weighted by Crippen LogP contribution is 2.41. The van der Waals surface area contributed by atoms with E-state index in [1.807, 2.05) is 0 Å². The number of anilines is 1. The normalized spacial score (nSPS) is 11.4. The van der Waals surface area contributed by atoms with Crippen molar-refractivity contribution in [2.45, 2.75) is 20.0 Å². The molecular weight excluding hydrogens is 358 g/mol. The van der Waals surface area contributed by atoms with E-state index < -0.39 is 12.1 Å². The van der Waals surface area contributed by atoms with Crippen LogP contribution >= 0.6 is 11.6 Å². The van der Waals surface area contributed by atoms with Gasteiger partial charge in [-0.1, -0.05) is 23.7 Å². The molecule has 0 fully saturated rings. The fourth-order valence-corrected chi connectivity index (χ4v) is 2.81. The molecule has 0 aliphatic carbocycles. The van der Waals surface area contributed by atoms with Crippen molar-refractivity contribution in [2.75, 3.05) is 19.5 Å². The van der Waals surface area contributed by atoms with E-state index in [1.54, 1.807) is 36.4 Å². The summed E-state index contributed by atoms with van der Waals surface area (Å²) < 4.78 is 16.3. The first-order valence-electron chi connectivity index (χ1n) is 7.82. The number of hydrogen-bond acceptors (Lipinski definition) is 5. The highest BCUT2D eigenvalue weighted by atomic mass is 35.5. The van der Waals surface area contributed by atoms with Gasteiger partial charge in [-0.3, -0.25) is 9.59 Å². The van der Waals surface area contributed by atoms with Crippen molar-refractivity contribution in [3.63, 3.8) is 0 Å². The molecule has 0 spiro atoms. The number of amides is 1. The molecule has 2 aromatic rings. The quantitative estimate of drug-likeness (QED) is 0.771. The van der Waals surface area contributed by atoms with Crippen molar-refractivity contribution in [1.82, 2.24) is 0 Å². The van der Waals surface area contributed by atoms with Crippen LogP contribution in [0.5, 0.6) is 11.5 Å². The number of methoxy groups -OCH3 is 2. The lowest BCUT2D eigenvalue weighted by molar-refractivity contribution is -0.144. The Morgan fingerprint density at radius 1 is 1.04 bits per heavy atom. The van der Waals surface area contributed by atoms with Gasteiger partial charge in [0.2, 0.25) is 5.91 Å². The minimum atomic E-state index is -0.849. The summed E-state index contributed by atoms with van der Waals surface area (Å²) in [5, 5.41) is 3.17. The summed E-state index contributed by atoms with van der Waals surface area (Å²) >= 11 is 6.14. The van der Waals surface area contributed by atoms with Crippen molar-refractivity contribution in [1.29, 1.82) is 0 Å². The summed E-state index contributed by atoms with van der Waals surface area (Å²) in [5.41, 5.74) is 1.57. The zero-order valence-electron chi connectivity index (χ0n) is 15.0. The number of carbonyl (C=O) groups excluding carboxylic acids is 2. The lowest BCUT2D eigenvalue weighted by atomic mass is 9.98. The molecule has 2 rings (SSSR count). The van der Waals surface area contributed by atoms with Gasteiger partial charge in [0, 0.05) is 35.7 Å². The summed E-state index contributed by atoms with van der Waals surface area (Å²) in [6.07, 6.45) is -0.849. The van der Waals surface area contributed by atoms with Crippen LogP contribution in [0.15, 0.2) is 36.4 Å². The number of para-hydroxylation sites is 1. The Balaban J connectivity index is 2.69. The second kappa shape index (κ2) is 8.58. The Labute approximate surface area is 157 Å². The number of ether oxygens (including phenoxy) is 3. The molecule has 26 heavy (non-hydrogen) atoms. The molecule has 0 saturated heterocycles. The lowest BCUT2D eigenvalue weighted by Gasteiger charge is -2.23. The predicted octanol–water partition coefficient (Wildman–Crippen LogP) is 3.97. The first kappa shape index (κ1) is 19.6. The van der Waals surface area contributed by atoms with Gasteiger partial charge in [0.25, 0.3) is 0 Å². The first-order chi connectivity index (χ1) is 12.4. The van der Waals surface area contributed by atoms with Crippen molar-refractivity contribution in [3.05, 3.63) is 52.5 Å². The van der Waals surface area contributed by atoms with Gasteiger partial charge in [0.1, 0.15) is 0 Å². The molecule has 0 aromatic heterocycles. The molecule has 7 heteroatoms. The van der Waals surface area contributed by atoms with Crippen LogP contribution in [0, 0.1) is 0 Å². The van der Waals surface area contributed by atoms with E-state index in [0.29, 0.717) is 33.3 Å². The number of benzene rings is 2. The second-order valence-electron chi connectivity index (χ2n) is 5.48. The van der Waals surface area contributed by atoms with Crippen molar-refractivity contribution < 1.29 is 23.8 Å². The summed E-state index contributed by atoms with van der Waals surface area (Å²) in [6.45, 7) is 2.70. The number of nitrogens with one attached hydrogen (secondary N) is 1. The van der Waals surface area contributed by atoms with Gasteiger partial charge in [-0.05, 0) is 24.3 Å². The third kappa shape index (κ3) is 4.46. The third-order valence-corrected chi connectivity index (χ3v) is 3.84. The fraction of sp³-hybridized carbons (Fsp3) is 0.263. The number of halogens is 1. The lowest BCUT2D eigenvalue weighted by Crippen LogP contribution is -2.15. The topological polar surface area (TPSA) is 73.9 Å². The predicted molar refractivity (Wildman–Crippen MR) is 98.9 cm³/mol. The molecule has 0 aliphatic rings. The van der Waals surface area contributed by atoms with Crippen LogP contribution in [0.1, 0.15) is 31.1 Å². The monoisotopic (exact) mass is 377 g/mol. The zero-order chi connectivity index (χ0) is 19.3. The van der Waals surface area contributed by atoms with Crippen molar-refractivity contribution >= 4 is 29.2 Å². The molecule has 6 nitrogen and oxygen atoms in total. The van der Waals surface area contributed by atoms with Crippen molar-refractivity contribution in [3.8, 4) is 11.5 Å². The molecule has 0 saturated carbocycles. The van der Waals surface area contributed by atoms with Gasteiger partial charge >= 0.3 is 5.97 Å². The Hall–Kier alpha value is -2.73. The molecule has 0 heterocycles. The van der Waals surface area contributed by atoms with Gasteiger partial charge in [-0.15, -0.1) is 0 Å². The fourth-order valence-electron chi connectivity index (χ4n) is 2.63. The number of hydrogen-bond donors (Lipinski definition) is 1. The minimum Gasteiger partial charge on any atom is -0.493 e. The summed E-state index contributed by atoms with van der Waals surface area (Å²) in [4.78, 5) is 23.3. The summed E-state index contributed by atoms with van der Waals surface area (Å²) in [7, 11) is 3.02. The number of esters is 1. The van der Waals surface area contributed by atoms with Crippen LogP contribution in [0.3, 0.4) is 0 Å². The van der Waals surface area contributed by atoms with Gasteiger partial charge in [-0.2, -0.15) is 0 Å². The van der Waals surface area contributed by atoms with Gasteiger partial charge in [-0.25, -0.2) is 0 Å². The maximum Gasteiger partial charge on any atom is 0.303 e. The molecule has 0 aliphatic heterocycles. The first-order valence-corrected chi connectivity index (χ1v) is 8.20. The molecule has 1 atom stereocenters. The molecule has 2 aromatic carbocycles. The maximum absolute atomic E-state index is 11.8. The third-order valence-electron chi connectivity index (χ3n) is 3.61. The van der Waals surface area contributed by atoms with Gasteiger partial charge < -0.3 is 19.5 Å². The zero-order valence-corrected chi connectivity index (χ0v) is 15.7. The Morgan fingerprint density at radius 3 is 2.35 bits per heavy atom. The maximum atomic E-state index is 11.8. The molecule has 0 radical (unpaired) electrons. The van der Waals surface area contributed by atoms with E-state index in [9.17, 15) is 9.59 Å². The standard InChI is InChI=1S/C19H20ClNO5/c1-11(22)21-16-9-8-13(20)10-15(16)18(26-12(2)23)14-6-5-7-17(24-3)19(14)25-4/h5-10,18H,1-4H3,(H,21,22). The molecule has 1 amide bonds. The molecular formula is C19H20ClNO5.